The Morgan fingerprint density at radius 2 is 1.50 bits per heavy atom. The maximum absolute atomic E-state index is 11.2. The van der Waals surface area contributed by atoms with E-state index in [4.69, 9.17) is 4.74 Å². The molecule has 0 aliphatic carbocycles. The Labute approximate surface area is 136 Å². The number of ether oxygens (including phenoxy) is 1. The van der Waals surface area contributed by atoms with Gasteiger partial charge in [-0.25, -0.2) is 0 Å². The van der Waals surface area contributed by atoms with Gasteiger partial charge < -0.3 is 4.74 Å². The molecule has 0 aromatic heterocycles. The monoisotopic (exact) mass is 340 g/mol. The average Bonchev–Trinajstić information content (AvgIpc) is 2.55. The Morgan fingerprint density at radius 3 is 1.96 bits per heavy atom. The predicted molar refractivity (Wildman–Crippen MR) is 82.0 cm³/mol. The molecule has 1 aromatic rings. The molecule has 1 heterocycles. The second kappa shape index (κ2) is 7.75. The van der Waals surface area contributed by atoms with Crippen molar-refractivity contribution in [2.24, 2.45) is 0 Å². The standard InChI is InChI=1S/C13H16N4O7/c18-15(19)10-8-12(16(20)21)11(13(9-10)17(22)23)2-1-3-14-4-6-24-7-5-14/h8-9H,1-7H2. The molecule has 0 saturated carbocycles. The molecule has 24 heavy (non-hydrogen) atoms. The third-order valence-corrected chi connectivity index (χ3v) is 3.80. The summed E-state index contributed by atoms with van der Waals surface area (Å²) in [5.41, 5.74) is -1.91. The van der Waals surface area contributed by atoms with Crippen molar-refractivity contribution in [2.75, 3.05) is 32.8 Å². The van der Waals surface area contributed by atoms with Crippen LogP contribution in [0.3, 0.4) is 0 Å². The molecule has 0 radical (unpaired) electrons. The summed E-state index contributed by atoms with van der Waals surface area (Å²) in [6.45, 7) is 3.32. The molecule has 0 spiro atoms. The summed E-state index contributed by atoms with van der Waals surface area (Å²) in [5, 5.41) is 33.2. The highest BCUT2D eigenvalue weighted by Gasteiger charge is 2.30. The largest absolute Gasteiger partial charge is 0.379 e. The summed E-state index contributed by atoms with van der Waals surface area (Å²) in [5.74, 6) is 0. The van der Waals surface area contributed by atoms with E-state index in [0.717, 1.165) is 25.2 Å². The first-order chi connectivity index (χ1) is 11.4. The van der Waals surface area contributed by atoms with Crippen LogP contribution in [0.2, 0.25) is 0 Å². The fraction of sp³-hybridized carbons (Fsp3) is 0.538. The third-order valence-electron chi connectivity index (χ3n) is 3.80. The summed E-state index contributed by atoms with van der Waals surface area (Å²) in [6.07, 6.45) is 0.571. The lowest BCUT2D eigenvalue weighted by Crippen LogP contribution is -2.37. The minimum atomic E-state index is -0.877. The highest BCUT2D eigenvalue weighted by Crippen LogP contribution is 2.34. The summed E-state index contributed by atoms with van der Waals surface area (Å²) < 4.78 is 5.22. The van der Waals surface area contributed by atoms with Gasteiger partial charge in [-0.3, -0.25) is 35.2 Å². The van der Waals surface area contributed by atoms with E-state index in [1.165, 1.54) is 0 Å². The Morgan fingerprint density at radius 1 is 0.958 bits per heavy atom. The first-order valence-corrected chi connectivity index (χ1v) is 7.30. The number of morpholine rings is 1. The van der Waals surface area contributed by atoms with Gasteiger partial charge in [-0.1, -0.05) is 0 Å². The van der Waals surface area contributed by atoms with Crippen molar-refractivity contribution in [3.8, 4) is 0 Å². The van der Waals surface area contributed by atoms with Gasteiger partial charge >= 0.3 is 0 Å². The molecule has 1 aliphatic heterocycles. The fourth-order valence-corrected chi connectivity index (χ4v) is 2.62. The Bertz CT molecular complexity index is 623. The van der Waals surface area contributed by atoms with Gasteiger partial charge in [0.1, 0.15) is 5.56 Å². The molecule has 2 rings (SSSR count). The van der Waals surface area contributed by atoms with E-state index in [-0.39, 0.29) is 12.0 Å². The van der Waals surface area contributed by atoms with Crippen LogP contribution in [0.4, 0.5) is 17.1 Å². The van der Waals surface area contributed by atoms with Crippen LogP contribution in [0.25, 0.3) is 0 Å². The lowest BCUT2D eigenvalue weighted by Gasteiger charge is -2.26. The molecule has 0 atom stereocenters. The molecule has 11 nitrogen and oxygen atoms in total. The fourth-order valence-electron chi connectivity index (χ4n) is 2.62. The normalized spacial score (nSPS) is 15.2. The van der Waals surface area contributed by atoms with Crippen LogP contribution in [-0.4, -0.2) is 52.5 Å². The van der Waals surface area contributed by atoms with Gasteiger partial charge in [-0.05, 0) is 19.4 Å². The number of hydrogen-bond donors (Lipinski definition) is 0. The van der Waals surface area contributed by atoms with Crippen molar-refractivity contribution in [2.45, 2.75) is 12.8 Å². The zero-order valence-electron chi connectivity index (χ0n) is 12.8. The van der Waals surface area contributed by atoms with Crippen molar-refractivity contribution in [3.63, 3.8) is 0 Å². The lowest BCUT2D eigenvalue weighted by molar-refractivity contribution is -0.404. The molecule has 1 aliphatic rings. The van der Waals surface area contributed by atoms with Gasteiger partial charge in [0.25, 0.3) is 17.1 Å². The first kappa shape index (κ1) is 17.7. The quantitative estimate of drug-likeness (QED) is 0.539. The van der Waals surface area contributed by atoms with E-state index in [9.17, 15) is 30.3 Å². The number of rotatable bonds is 7. The van der Waals surface area contributed by atoms with Crippen LogP contribution in [0.1, 0.15) is 12.0 Å². The Balaban J connectivity index is 2.23. The van der Waals surface area contributed by atoms with Crippen LogP contribution in [0, 0.1) is 30.3 Å². The van der Waals surface area contributed by atoms with Crippen molar-refractivity contribution < 1.29 is 19.5 Å². The topological polar surface area (TPSA) is 142 Å². The van der Waals surface area contributed by atoms with E-state index < -0.39 is 31.8 Å². The summed E-state index contributed by atoms with van der Waals surface area (Å²) in [6, 6.07) is 1.55. The molecule has 0 bridgehead atoms. The summed E-state index contributed by atoms with van der Waals surface area (Å²) in [4.78, 5) is 32.8. The highest BCUT2D eigenvalue weighted by atomic mass is 16.6. The Kier molecular flexibility index (Phi) is 5.71. The second-order valence-corrected chi connectivity index (χ2v) is 5.29. The van der Waals surface area contributed by atoms with Crippen molar-refractivity contribution in [3.05, 3.63) is 48.0 Å². The minimum absolute atomic E-state index is 0.0798. The maximum Gasteiger partial charge on any atom is 0.286 e. The molecule has 1 aromatic carbocycles. The summed E-state index contributed by atoms with van der Waals surface area (Å²) >= 11 is 0. The van der Waals surface area contributed by atoms with Gasteiger partial charge in [0.05, 0.1) is 40.1 Å². The van der Waals surface area contributed by atoms with Crippen LogP contribution in [0.15, 0.2) is 12.1 Å². The minimum Gasteiger partial charge on any atom is -0.379 e. The lowest BCUT2D eigenvalue weighted by atomic mass is 10.0. The van der Waals surface area contributed by atoms with Crippen LogP contribution < -0.4 is 0 Å². The Hall–Kier alpha value is -2.66. The number of hydrogen-bond acceptors (Lipinski definition) is 8. The van der Waals surface area contributed by atoms with Crippen LogP contribution in [-0.2, 0) is 11.2 Å². The molecule has 0 unspecified atom stereocenters. The van der Waals surface area contributed by atoms with Gasteiger partial charge in [0.15, 0.2) is 0 Å². The van der Waals surface area contributed by atoms with Gasteiger partial charge in [0.2, 0.25) is 0 Å². The van der Waals surface area contributed by atoms with Crippen LogP contribution in [0.5, 0.6) is 0 Å². The number of non-ortho nitro benzene ring substituents is 1. The number of nitro benzene ring substituents is 3. The van der Waals surface area contributed by atoms with E-state index in [2.05, 4.69) is 4.90 Å². The van der Waals surface area contributed by atoms with E-state index in [1.54, 1.807) is 0 Å². The molecule has 0 N–H and O–H groups in total. The molecular formula is C13H16N4O7. The predicted octanol–water partition coefficient (Wildman–Crippen LogP) is 1.68. The van der Waals surface area contributed by atoms with Gasteiger partial charge in [-0.2, -0.15) is 0 Å². The zero-order chi connectivity index (χ0) is 17.7. The molecule has 11 heteroatoms. The zero-order valence-corrected chi connectivity index (χ0v) is 12.8. The van der Waals surface area contributed by atoms with E-state index >= 15 is 0 Å². The number of nitrogens with zero attached hydrogens (tertiary/aromatic N) is 4. The van der Waals surface area contributed by atoms with Crippen LogP contribution >= 0.6 is 0 Å². The average molecular weight is 340 g/mol. The van der Waals surface area contributed by atoms with Gasteiger partial charge in [-0.15, -0.1) is 0 Å². The number of benzene rings is 1. The SMILES string of the molecule is O=[N+]([O-])c1cc([N+](=O)[O-])c(CCCN2CCOCC2)c([N+](=O)[O-])c1. The second-order valence-electron chi connectivity index (χ2n) is 5.29. The van der Waals surface area contributed by atoms with Gasteiger partial charge in [0, 0.05) is 13.1 Å². The van der Waals surface area contributed by atoms with Crippen molar-refractivity contribution in [1.82, 2.24) is 4.90 Å². The smallest absolute Gasteiger partial charge is 0.286 e. The van der Waals surface area contributed by atoms with E-state index in [1.807, 2.05) is 0 Å². The molecule has 1 fully saturated rings. The first-order valence-electron chi connectivity index (χ1n) is 7.30. The van der Waals surface area contributed by atoms with Crippen molar-refractivity contribution in [1.29, 1.82) is 0 Å². The molecule has 0 amide bonds. The molecule has 1 saturated heterocycles. The highest BCUT2D eigenvalue weighted by molar-refractivity contribution is 5.60. The molecule has 130 valence electrons. The summed E-state index contributed by atoms with van der Waals surface area (Å²) in [7, 11) is 0. The van der Waals surface area contributed by atoms with E-state index in [0.29, 0.717) is 26.2 Å². The van der Waals surface area contributed by atoms with Crippen molar-refractivity contribution >= 4 is 17.1 Å². The third kappa shape index (κ3) is 4.20. The maximum atomic E-state index is 11.2. The molecular weight excluding hydrogens is 324 g/mol. The number of nitro groups is 3.